The maximum Gasteiger partial charge on any atom is 0.315 e. The van der Waals surface area contributed by atoms with Crippen LogP contribution in [0.5, 0.6) is 0 Å². The lowest BCUT2D eigenvalue weighted by Gasteiger charge is -2.16. The van der Waals surface area contributed by atoms with Crippen molar-refractivity contribution >= 4 is 12.0 Å². The van der Waals surface area contributed by atoms with Gasteiger partial charge in [-0.05, 0) is 38.8 Å². The van der Waals surface area contributed by atoms with Gasteiger partial charge < -0.3 is 20.2 Å². The summed E-state index contributed by atoms with van der Waals surface area (Å²) in [5.41, 5.74) is 0. The number of carbonyl (C=O) groups is 2. The van der Waals surface area contributed by atoms with Gasteiger partial charge in [-0.3, -0.25) is 4.79 Å². The molecule has 1 aromatic rings. The first-order valence-electron chi connectivity index (χ1n) is 6.31. The second-order valence-corrected chi connectivity index (χ2v) is 4.54. The quantitative estimate of drug-likeness (QED) is 0.707. The average molecular weight is 268 g/mol. The summed E-state index contributed by atoms with van der Waals surface area (Å²) in [5, 5.41) is 14.0. The fraction of sp³-hybridized carbons (Fsp3) is 0.538. The summed E-state index contributed by atoms with van der Waals surface area (Å²) in [6.07, 6.45) is 2.86. The largest absolute Gasteiger partial charge is 0.481 e. The van der Waals surface area contributed by atoms with Crippen LogP contribution in [0.4, 0.5) is 4.79 Å². The van der Waals surface area contributed by atoms with Crippen LogP contribution < -0.4 is 10.6 Å². The zero-order valence-electron chi connectivity index (χ0n) is 11.2. The first kappa shape index (κ1) is 15.1. The molecule has 0 aliphatic rings. The molecule has 1 rings (SSSR count). The lowest BCUT2D eigenvalue weighted by atomic mass is 10.1. The lowest BCUT2D eigenvalue weighted by Crippen LogP contribution is -2.41. The third-order valence-corrected chi connectivity index (χ3v) is 2.72. The number of carboxylic acid groups (broad SMARTS) is 1. The minimum Gasteiger partial charge on any atom is -0.481 e. The van der Waals surface area contributed by atoms with Crippen molar-refractivity contribution in [2.45, 2.75) is 45.2 Å². The number of carboxylic acids is 1. The number of rotatable bonds is 7. The summed E-state index contributed by atoms with van der Waals surface area (Å²) in [6, 6.07) is 3.00. The molecule has 0 fully saturated rings. The number of amides is 2. The van der Waals surface area contributed by atoms with Crippen LogP contribution in [-0.4, -0.2) is 23.1 Å². The van der Waals surface area contributed by atoms with Gasteiger partial charge in [0.05, 0.1) is 12.3 Å². The van der Waals surface area contributed by atoms with Gasteiger partial charge in [-0.25, -0.2) is 4.79 Å². The van der Waals surface area contributed by atoms with Crippen LogP contribution >= 0.6 is 0 Å². The first-order chi connectivity index (χ1) is 8.99. The van der Waals surface area contributed by atoms with E-state index in [1.165, 1.54) is 0 Å². The molecule has 0 radical (unpaired) electrons. The average Bonchev–Trinajstić information content (AvgIpc) is 2.81. The minimum absolute atomic E-state index is 0.0665. The highest BCUT2D eigenvalue weighted by Gasteiger charge is 2.13. The molecule has 0 saturated carbocycles. The lowest BCUT2D eigenvalue weighted by molar-refractivity contribution is -0.137. The molecule has 0 spiro atoms. The second-order valence-electron chi connectivity index (χ2n) is 4.54. The van der Waals surface area contributed by atoms with E-state index in [0.717, 1.165) is 0 Å². The second kappa shape index (κ2) is 7.45. The normalized spacial score (nSPS) is 13.6. The summed E-state index contributed by atoms with van der Waals surface area (Å²) in [7, 11) is 0. The third kappa shape index (κ3) is 5.94. The van der Waals surface area contributed by atoms with E-state index in [1.807, 2.05) is 13.8 Å². The summed E-state index contributed by atoms with van der Waals surface area (Å²) in [4.78, 5) is 22.0. The summed E-state index contributed by atoms with van der Waals surface area (Å²) in [6.45, 7) is 3.67. The SMILES string of the molecule is CC(CCCC(=O)O)NC(=O)NC(C)c1ccco1. The van der Waals surface area contributed by atoms with Gasteiger partial charge >= 0.3 is 12.0 Å². The summed E-state index contributed by atoms with van der Waals surface area (Å²) in [5.74, 6) is -0.128. The molecule has 3 N–H and O–H groups in total. The van der Waals surface area contributed by atoms with E-state index in [1.54, 1.807) is 18.4 Å². The van der Waals surface area contributed by atoms with Crippen LogP contribution in [0.2, 0.25) is 0 Å². The maximum absolute atomic E-state index is 11.7. The number of furan rings is 1. The van der Waals surface area contributed by atoms with E-state index in [-0.39, 0.29) is 24.5 Å². The molecule has 0 aliphatic carbocycles. The van der Waals surface area contributed by atoms with E-state index in [2.05, 4.69) is 10.6 Å². The van der Waals surface area contributed by atoms with Crippen LogP contribution in [0.1, 0.15) is 44.9 Å². The molecule has 106 valence electrons. The molecule has 0 bridgehead atoms. The molecule has 2 unspecified atom stereocenters. The number of hydrogen-bond donors (Lipinski definition) is 3. The molecule has 6 heteroatoms. The van der Waals surface area contributed by atoms with Gasteiger partial charge in [-0.15, -0.1) is 0 Å². The molecule has 0 saturated heterocycles. The number of aliphatic carboxylic acids is 1. The van der Waals surface area contributed by atoms with E-state index in [9.17, 15) is 9.59 Å². The zero-order chi connectivity index (χ0) is 14.3. The van der Waals surface area contributed by atoms with Crippen molar-refractivity contribution in [1.82, 2.24) is 10.6 Å². The number of nitrogens with one attached hydrogen (secondary N) is 2. The molecule has 1 heterocycles. The van der Waals surface area contributed by atoms with Crippen molar-refractivity contribution in [3.63, 3.8) is 0 Å². The van der Waals surface area contributed by atoms with Crippen LogP contribution in [0, 0.1) is 0 Å². The molecule has 0 aromatic carbocycles. The van der Waals surface area contributed by atoms with E-state index < -0.39 is 5.97 Å². The topological polar surface area (TPSA) is 91.6 Å². The Morgan fingerprint density at radius 2 is 2.11 bits per heavy atom. The van der Waals surface area contributed by atoms with E-state index >= 15 is 0 Å². The van der Waals surface area contributed by atoms with Crippen molar-refractivity contribution < 1.29 is 19.1 Å². The van der Waals surface area contributed by atoms with Gasteiger partial charge in [-0.2, -0.15) is 0 Å². The minimum atomic E-state index is -0.817. The molecule has 2 amide bonds. The maximum atomic E-state index is 11.7. The smallest absolute Gasteiger partial charge is 0.315 e. The van der Waals surface area contributed by atoms with Crippen LogP contribution in [0.3, 0.4) is 0 Å². The van der Waals surface area contributed by atoms with Crippen LogP contribution in [-0.2, 0) is 4.79 Å². The molecule has 6 nitrogen and oxygen atoms in total. The Labute approximate surface area is 112 Å². The van der Waals surface area contributed by atoms with Crippen molar-refractivity contribution in [2.75, 3.05) is 0 Å². The van der Waals surface area contributed by atoms with Crippen molar-refractivity contribution in [3.05, 3.63) is 24.2 Å². The van der Waals surface area contributed by atoms with Gasteiger partial charge in [0.2, 0.25) is 0 Å². The first-order valence-corrected chi connectivity index (χ1v) is 6.31. The standard InChI is InChI=1S/C13H20N2O4/c1-9(5-3-7-12(16)17)14-13(18)15-10(2)11-6-4-8-19-11/h4,6,8-10H,3,5,7H2,1-2H3,(H,16,17)(H2,14,15,18). The number of urea groups is 1. The fourth-order valence-electron chi connectivity index (χ4n) is 1.70. The van der Waals surface area contributed by atoms with Crippen LogP contribution in [0.25, 0.3) is 0 Å². The predicted octanol–water partition coefficient (Wildman–Crippen LogP) is 2.28. The van der Waals surface area contributed by atoms with Gasteiger partial charge in [0.25, 0.3) is 0 Å². The Kier molecular flexibility index (Phi) is 5.92. The van der Waals surface area contributed by atoms with Gasteiger partial charge in [0, 0.05) is 12.5 Å². The molecular formula is C13H20N2O4. The van der Waals surface area contributed by atoms with E-state index in [0.29, 0.717) is 18.6 Å². The predicted molar refractivity (Wildman–Crippen MR) is 69.7 cm³/mol. The Morgan fingerprint density at radius 1 is 1.37 bits per heavy atom. The zero-order valence-corrected chi connectivity index (χ0v) is 11.2. The molecule has 19 heavy (non-hydrogen) atoms. The Bertz CT molecular complexity index is 403. The van der Waals surface area contributed by atoms with Crippen LogP contribution in [0.15, 0.2) is 22.8 Å². The highest BCUT2D eigenvalue weighted by atomic mass is 16.4. The number of carbonyl (C=O) groups excluding carboxylic acids is 1. The summed E-state index contributed by atoms with van der Waals surface area (Å²) >= 11 is 0. The van der Waals surface area contributed by atoms with E-state index in [4.69, 9.17) is 9.52 Å². The highest BCUT2D eigenvalue weighted by Crippen LogP contribution is 2.11. The van der Waals surface area contributed by atoms with Gasteiger partial charge in [-0.1, -0.05) is 0 Å². The Morgan fingerprint density at radius 3 is 2.68 bits per heavy atom. The fourth-order valence-corrected chi connectivity index (χ4v) is 1.70. The molecule has 2 atom stereocenters. The molecular weight excluding hydrogens is 248 g/mol. The third-order valence-electron chi connectivity index (χ3n) is 2.72. The molecule has 0 aliphatic heterocycles. The highest BCUT2D eigenvalue weighted by molar-refractivity contribution is 5.74. The Balaban J connectivity index is 2.24. The summed E-state index contributed by atoms with van der Waals surface area (Å²) < 4.78 is 5.18. The van der Waals surface area contributed by atoms with Crippen molar-refractivity contribution in [2.24, 2.45) is 0 Å². The van der Waals surface area contributed by atoms with Crippen molar-refractivity contribution in [1.29, 1.82) is 0 Å². The molecule has 1 aromatic heterocycles. The van der Waals surface area contributed by atoms with Gasteiger partial charge in [0.15, 0.2) is 0 Å². The van der Waals surface area contributed by atoms with Crippen molar-refractivity contribution in [3.8, 4) is 0 Å². The Hall–Kier alpha value is -1.98. The van der Waals surface area contributed by atoms with Gasteiger partial charge in [0.1, 0.15) is 5.76 Å². The monoisotopic (exact) mass is 268 g/mol. The number of hydrogen-bond acceptors (Lipinski definition) is 3.